The highest BCUT2D eigenvalue weighted by molar-refractivity contribution is 9.10. The lowest BCUT2D eigenvalue weighted by atomic mass is 10.1. The molecule has 3 nitrogen and oxygen atoms in total. The lowest BCUT2D eigenvalue weighted by Crippen LogP contribution is -2.01. The summed E-state index contributed by atoms with van der Waals surface area (Å²) in [4.78, 5) is 0. The summed E-state index contributed by atoms with van der Waals surface area (Å²) in [6, 6.07) is 7.20. The molecule has 0 unspecified atom stereocenters. The van der Waals surface area contributed by atoms with Crippen molar-refractivity contribution in [2.75, 3.05) is 0 Å². The summed E-state index contributed by atoms with van der Waals surface area (Å²) in [5.41, 5.74) is 1.45. The minimum atomic E-state index is -0.500. The average Bonchev–Trinajstić information content (AvgIpc) is 2.73. The Balaban J connectivity index is 2.13. The van der Waals surface area contributed by atoms with E-state index in [9.17, 15) is 4.39 Å². The van der Waals surface area contributed by atoms with E-state index < -0.39 is 6.67 Å². The first-order chi connectivity index (χ1) is 8.20. The lowest BCUT2D eigenvalue weighted by molar-refractivity contribution is 0.287. The van der Waals surface area contributed by atoms with Crippen LogP contribution in [0.2, 0.25) is 0 Å². The molecule has 0 aliphatic carbocycles. The van der Waals surface area contributed by atoms with Crippen molar-refractivity contribution >= 4 is 15.9 Å². The molecule has 0 amide bonds. The Morgan fingerprint density at radius 3 is 2.88 bits per heavy atom. The van der Waals surface area contributed by atoms with Gasteiger partial charge in [0.1, 0.15) is 13.3 Å². The summed E-state index contributed by atoms with van der Waals surface area (Å²) in [5.74, 6) is 0.535. The number of rotatable bonds is 4. The van der Waals surface area contributed by atoms with Gasteiger partial charge in [0, 0.05) is 29.3 Å². The Kier molecular flexibility index (Phi) is 3.78. The van der Waals surface area contributed by atoms with Gasteiger partial charge in [-0.05, 0) is 11.6 Å². The predicted octanol–water partition coefficient (Wildman–Crippen LogP) is 3.23. The maximum absolute atomic E-state index is 12.8. The molecular weight excluding hydrogens is 287 g/mol. The molecular formula is C12H12BrFN2O. The average molecular weight is 299 g/mol. The molecule has 0 N–H and O–H groups in total. The van der Waals surface area contributed by atoms with E-state index in [1.54, 1.807) is 23.0 Å². The van der Waals surface area contributed by atoms with E-state index in [2.05, 4.69) is 21.0 Å². The van der Waals surface area contributed by atoms with Crippen LogP contribution in [0, 0.1) is 0 Å². The summed E-state index contributed by atoms with van der Waals surface area (Å²) in [6.45, 7) is -0.196. The first-order valence-electron chi connectivity index (χ1n) is 5.15. The number of aryl methyl sites for hydroxylation is 1. The topological polar surface area (TPSA) is 27.1 Å². The van der Waals surface area contributed by atoms with E-state index >= 15 is 0 Å². The first kappa shape index (κ1) is 12.1. The van der Waals surface area contributed by atoms with Gasteiger partial charge in [0.05, 0.1) is 0 Å². The molecule has 2 rings (SSSR count). The normalized spacial score (nSPS) is 10.5. The van der Waals surface area contributed by atoms with E-state index in [0.717, 1.165) is 10.0 Å². The van der Waals surface area contributed by atoms with Crippen LogP contribution in [0.1, 0.15) is 11.1 Å². The third-order valence-electron chi connectivity index (χ3n) is 2.41. The lowest BCUT2D eigenvalue weighted by Gasteiger charge is -2.09. The minimum absolute atomic E-state index is 0.303. The molecule has 90 valence electrons. The number of hydrogen-bond donors (Lipinski definition) is 0. The fraction of sp³-hybridized carbons (Fsp3) is 0.250. The number of halogens is 2. The second-order valence-electron chi connectivity index (χ2n) is 3.63. The number of hydrogen-bond acceptors (Lipinski definition) is 2. The number of benzene rings is 1. The van der Waals surface area contributed by atoms with Gasteiger partial charge in [0.2, 0.25) is 5.88 Å². The quantitative estimate of drug-likeness (QED) is 0.866. The van der Waals surface area contributed by atoms with Gasteiger partial charge in [-0.25, -0.2) is 4.39 Å². The zero-order chi connectivity index (χ0) is 12.3. The van der Waals surface area contributed by atoms with Crippen molar-refractivity contribution in [2.24, 2.45) is 7.05 Å². The molecule has 17 heavy (non-hydrogen) atoms. The maximum atomic E-state index is 12.8. The van der Waals surface area contributed by atoms with Crippen molar-refractivity contribution in [3.63, 3.8) is 0 Å². The largest absolute Gasteiger partial charge is 0.472 e. The Labute approximate surface area is 107 Å². The van der Waals surface area contributed by atoms with Crippen LogP contribution >= 0.6 is 15.9 Å². The molecule has 0 aliphatic rings. The van der Waals surface area contributed by atoms with Gasteiger partial charge < -0.3 is 4.74 Å². The van der Waals surface area contributed by atoms with Gasteiger partial charge in [0.15, 0.2) is 0 Å². The molecule has 0 saturated heterocycles. The summed E-state index contributed by atoms with van der Waals surface area (Å²) in [7, 11) is 1.82. The van der Waals surface area contributed by atoms with Crippen molar-refractivity contribution in [3.05, 3.63) is 46.1 Å². The van der Waals surface area contributed by atoms with E-state index in [1.807, 2.05) is 19.2 Å². The van der Waals surface area contributed by atoms with Crippen LogP contribution in [0.5, 0.6) is 5.88 Å². The van der Waals surface area contributed by atoms with Crippen LogP contribution in [-0.4, -0.2) is 9.78 Å². The highest BCUT2D eigenvalue weighted by Crippen LogP contribution is 2.23. The third-order valence-corrected chi connectivity index (χ3v) is 3.16. The molecule has 1 heterocycles. The molecule has 0 bridgehead atoms. The van der Waals surface area contributed by atoms with E-state index in [4.69, 9.17) is 4.74 Å². The third kappa shape index (κ3) is 2.85. The zero-order valence-electron chi connectivity index (χ0n) is 9.36. The molecule has 0 saturated carbocycles. The minimum Gasteiger partial charge on any atom is -0.472 e. The summed E-state index contributed by atoms with van der Waals surface area (Å²) in [5, 5.41) is 4.10. The number of alkyl halides is 1. The van der Waals surface area contributed by atoms with E-state index in [-0.39, 0.29) is 0 Å². The molecule has 1 aromatic heterocycles. The van der Waals surface area contributed by atoms with E-state index in [1.165, 1.54) is 0 Å². The molecule has 1 aromatic carbocycles. The van der Waals surface area contributed by atoms with E-state index in [0.29, 0.717) is 18.1 Å². The summed E-state index contributed by atoms with van der Waals surface area (Å²) < 4.78 is 20.8. The van der Waals surface area contributed by atoms with Gasteiger partial charge >= 0.3 is 0 Å². The van der Waals surface area contributed by atoms with Crippen molar-refractivity contribution in [1.29, 1.82) is 0 Å². The van der Waals surface area contributed by atoms with Crippen LogP contribution in [0.15, 0.2) is 34.9 Å². The molecule has 0 radical (unpaired) electrons. The number of aromatic nitrogens is 2. The summed E-state index contributed by atoms with van der Waals surface area (Å²) in [6.07, 6.45) is 1.80. The fourth-order valence-electron chi connectivity index (χ4n) is 1.51. The Morgan fingerprint density at radius 2 is 2.24 bits per heavy atom. The van der Waals surface area contributed by atoms with Gasteiger partial charge in [0.25, 0.3) is 0 Å². The molecule has 0 spiro atoms. The Bertz CT molecular complexity index is 513. The molecule has 2 aromatic rings. The van der Waals surface area contributed by atoms with Crippen molar-refractivity contribution in [3.8, 4) is 5.88 Å². The van der Waals surface area contributed by atoms with Crippen molar-refractivity contribution in [1.82, 2.24) is 9.78 Å². The maximum Gasteiger partial charge on any atom is 0.233 e. The van der Waals surface area contributed by atoms with Crippen LogP contribution in [0.3, 0.4) is 0 Å². The van der Waals surface area contributed by atoms with Gasteiger partial charge in [-0.1, -0.05) is 28.1 Å². The Morgan fingerprint density at radius 1 is 1.41 bits per heavy atom. The fourth-order valence-corrected chi connectivity index (χ4v) is 2.03. The van der Waals surface area contributed by atoms with Crippen molar-refractivity contribution < 1.29 is 9.13 Å². The summed E-state index contributed by atoms with van der Waals surface area (Å²) >= 11 is 3.39. The second-order valence-corrected chi connectivity index (χ2v) is 4.48. The van der Waals surface area contributed by atoms with Crippen LogP contribution in [-0.2, 0) is 20.3 Å². The number of ether oxygens (including phenoxy) is 1. The van der Waals surface area contributed by atoms with Gasteiger partial charge in [-0.2, -0.15) is 0 Å². The monoisotopic (exact) mass is 298 g/mol. The molecule has 0 atom stereocenters. The zero-order valence-corrected chi connectivity index (χ0v) is 10.9. The smallest absolute Gasteiger partial charge is 0.233 e. The number of nitrogens with zero attached hydrogens (tertiary/aromatic N) is 2. The van der Waals surface area contributed by atoms with Crippen LogP contribution in [0.4, 0.5) is 4.39 Å². The standard InChI is InChI=1S/C12H12BrFN2O/c1-16-6-5-12(15-16)17-8-10-9(7-14)3-2-4-11(10)13/h2-6H,7-8H2,1H3. The second kappa shape index (κ2) is 5.31. The predicted molar refractivity (Wildman–Crippen MR) is 66.5 cm³/mol. The Hall–Kier alpha value is -1.36. The first-order valence-corrected chi connectivity index (χ1v) is 5.94. The highest BCUT2D eigenvalue weighted by atomic mass is 79.9. The molecule has 0 fully saturated rings. The van der Waals surface area contributed by atoms with Crippen LogP contribution in [0.25, 0.3) is 0 Å². The van der Waals surface area contributed by atoms with Gasteiger partial charge in [-0.15, -0.1) is 5.10 Å². The van der Waals surface area contributed by atoms with Crippen molar-refractivity contribution in [2.45, 2.75) is 13.3 Å². The molecule has 0 aliphatic heterocycles. The SMILES string of the molecule is Cn1ccc(OCc2c(Br)cccc2CF)n1. The van der Waals surface area contributed by atoms with Crippen LogP contribution < -0.4 is 4.74 Å². The highest BCUT2D eigenvalue weighted by Gasteiger charge is 2.08. The van der Waals surface area contributed by atoms with Gasteiger partial charge in [-0.3, -0.25) is 4.68 Å². The molecule has 5 heteroatoms.